The maximum atomic E-state index is 14.7. The van der Waals surface area contributed by atoms with Crippen LogP contribution in [0.1, 0.15) is 112 Å². The van der Waals surface area contributed by atoms with Crippen molar-refractivity contribution in [3.8, 4) is 0 Å². The van der Waals surface area contributed by atoms with Gasteiger partial charge in [0.2, 0.25) is 0 Å². The Hall–Kier alpha value is -1.74. The van der Waals surface area contributed by atoms with Gasteiger partial charge in [-0.3, -0.25) is 0 Å². The molecule has 1 nitrogen and oxygen atoms in total. The fourth-order valence-corrected chi connectivity index (χ4v) is 6.07. The van der Waals surface area contributed by atoms with Crippen molar-refractivity contribution in [3.05, 3.63) is 70.8 Å². The van der Waals surface area contributed by atoms with Crippen LogP contribution in [0.3, 0.4) is 0 Å². The Kier molecular flexibility index (Phi) is 8.80. The Labute approximate surface area is 205 Å². The number of halogens is 2. The zero-order valence-corrected chi connectivity index (χ0v) is 21.1. The fraction of sp³-hybridized carbons (Fsp3) is 0.613. The topological polar surface area (TPSA) is 9.23 Å². The van der Waals surface area contributed by atoms with E-state index in [9.17, 15) is 8.78 Å². The molecule has 0 unspecified atom stereocenters. The molecule has 2 aliphatic rings. The highest BCUT2D eigenvalue weighted by Gasteiger charge is 2.33. The normalized spacial score (nSPS) is 25.9. The Morgan fingerprint density at radius 2 is 1.29 bits per heavy atom. The summed E-state index contributed by atoms with van der Waals surface area (Å²) < 4.78 is 34.4. The molecule has 0 heterocycles. The summed E-state index contributed by atoms with van der Waals surface area (Å²) in [5.41, 5.74) is 3.60. The summed E-state index contributed by atoms with van der Waals surface area (Å²) in [7, 11) is 0. The average Bonchev–Trinajstić information content (AvgIpc) is 2.86. The van der Waals surface area contributed by atoms with E-state index < -0.39 is 6.11 Å². The standard InChI is InChI=1S/C31H42F2O/c1-3-4-24-7-13-28(14-8-24)29-17-19-30(20-18-29)31(32,33)34-22-21-25-9-15-27(16-10-25)26-11-5-23(2)6-12-26/h9-10,15-20,23-24,26,28H,3-8,11-14,21-22H2,1-2H3/t23-,24-,26-,28-. The summed E-state index contributed by atoms with van der Waals surface area (Å²) in [5, 5.41) is 0. The molecule has 0 amide bonds. The average molecular weight is 469 g/mol. The Balaban J connectivity index is 1.24. The largest absolute Gasteiger partial charge is 0.383 e. The van der Waals surface area contributed by atoms with Crippen LogP contribution in [0.15, 0.2) is 48.5 Å². The van der Waals surface area contributed by atoms with E-state index in [1.807, 2.05) is 12.1 Å². The van der Waals surface area contributed by atoms with E-state index in [0.717, 1.165) is 17.4 Å². The summed E-state index contributed by atoms with van der Waals surface area (Å²) in [5.74, 6) is 2.86. The van der Waals surface area contributed by atoms with Crippen LogP contribution >= 0.6 is 0 Å². The molecule has 0 N–H and O–H groups in total. The minimum absolute atomic E-state index is 0.0104. The third-order valence-electron chi connectivity index (χ3n) is 8.40. The summed E-state index contributed by atoms with van der Waals surface area (Å²) in [6.07, 6.45) is 9.82. The van der Waals surface area contributed by atoms with Gasteiger partial charge in [0, 0.05) is 0 Å². The molecular formula is C31H42F2O. The van der Waals surface area contributed by atoms with Crippen molar-refractivity contribution < 1.29 is 13.5 Å². The molecule has 34 heavy (non-hydrogen) atoms. The van der Waals surface area contributed by atoms with Crippen LogP contribution in [0.5, 0.6) is 0 Å². The lowest BCUT2D eigenvalue weighted by molar-refractivity contribution is -0.248. The lowest BCUT2D eigenvalue weighted by Crippen LogP contribution is -2.20. The first-order valence-electron chi connectivity index (χ1n) is 13.7. The van der Waals surface area contributed by atoms with Gasteiger partial charge in [0.05, 0.1) is 12.2 Å². The highest BCUT2D eigenvalue weighted by Crippen LogP contribution is 2.39. The first kappa shape index (κ1) is 25.4. The third-order valence-corrected chi connectivity index (χ3v) is 8.40. The molecule has 0 bridgehead atoms. The monoisotopic (exact) mass is 468 g/mol. The van der Waals surface area contributed by atoms with Crippen LogP contribution in [0.25, 0.3) is 0 Å². The van der Waals surface area contributed by atoms with E-state index in [0.29, 0.717) is 18.3 Å². The number of benzene rings is 2. The number of alkyl halides is 2. The Morgan fingerprint density at radius 1 is 0.765 bits per heavy atom. The second kappa shape index (κ2) is 11.8. The quantitative estimate of drug-likeness (QED) is 0.356. The molecule has 3 heteroatoms. The van der Waals surface area contributed by atoms with Gasteiger partial charge >= 0.3 is 6.11 Å². The van der Waals surface area contributed by atoms with Gasteiger partial charge in [-0.05, 0) is 85.3 Å². The molecule has 2 aromatic rings. The smallest absolute Gasteiger partial charge is 0.316 e. The minimum atomic E-state index is -3.25. The van der Waals surface area contributed by atoms with E-state index in [2.05, 4.69) is 38.1 Å². The van der Waals surface area contributed by atoms with Gasteiger partial charge in [-0.1, -0.05) is 88.1 Å². The van der Waals surface area contributed by atoms with E-state index in [4.69, 9.17) is 4.74 Å². The fourth-order valence-electron chi connectivity index (χ4n) is 6.07. The maximum absolute atomic E-state index is 14.7. The van der Waals surface area contributed by atoms with Crippen LogP contribution in [0.4, 0.5) is 8.78 Å². The number of hydrogen-bond acceptors (Lipinski definition) is 1. The van der Waals surface area contributed by atoms with Crippen molar-refractivity contribution in [2.45, 2.75) is 102 Å². The van der Waals surface area contributed by atoms with Gasteiger partial charge in [0.15, 0.2) is 0 Å². The summed E-state index contributed by atoms with van der Waals surface area (Å²) in [4.78, 5) is 0. The molecule has 0 aromatic heterocycles. The number of ether oxygens (including phenoxy) is 1. The van der Waals surface area contributed by atoms with Gasteiger partial charge in [-0.15, -0.1) is 0 Å². The van der Waals surface area contributed by atoms with E-state index in [1.165, 1.54) is 75.3 Å². The Morgan fingerprint density at radius 3 is 1.85 bits per heavy atom. The van der Waals surface area contributed by atoms with Crippen LogP contribution in [0, 0.1) is 11.8 Å². The van der Waals surface area contributed by atoms with Crippen molar-refractivity contribution >= 4 is 0 Å². The van der Waals surface area contributed by atoms with Crippen molar-refractivity contribution in [2.24, 2.45) is 11.8 Å². The van der Waals surface area contributed by atoms with Crippen LogP contribution in [-0.4, -0.2) is 6.61 Å². The predicted molar refractivity (Wildman–Crippen MR) is 136 cm³/mol. The van der Waals surface area contributed by atoms with Gasteiger partial charge in [-0.2, -0.15) is 8.78 Å². The van der Waals surface area contributed by atoms with Gasteiger partial charge < -0.3 is 4.74 Å². The molecule has 186 valence electrons. The second-order valence-electron chi connectivity index (χ2n) is 10.9. The third kappa shape index (κ3) is 6.68. The molecular weight excluding hydrogens is 426 g/mol. The molecule has 2 saturated carbocycles. The minimum Gasteiger partial charge on any atom is -0.316 e. The van der Waals surface area contributed by atoms with Crippen LogP contribution < -0.4 is 0 Å². The molecule has 2 aliphatic carbocycles. The molecule has 0 aliphatic heterocycles. The molecule has 2 fully saturated rings. The highest BCUT2D eigenvalue weighted by molar-refractivity contribution is 5.28. The second-order valence-corrected chi connectivity index (χ2v) is 10.9. The summed E-state index contributed by atoms with van der Waals surface area (Å²) in [6, 6.07) is 15.4. The number of rotatable bonds is 9. The van der Waals surface area contributed by atoms with E-state index in [-0.39, 0.29) is 12.2 Å². The maximum Gasteiger partial charge on any atom is 0.383 e. The highest BCUT2D eigenvalue weighted by atomic mass is 19.3. The lowest BCUT2D eigenvalue weighted by atomic mass is 9.77. The zero-order valence-electron chi connectivity index (χ0n) is 21.1. The summed E-state index contributed by atoms with van der Waals surface area (Å²) >= 11 is 0. The first-order valence-corrected chi connectivity index (χ1v) is 13.7. The summed E-state index contributed by atoms with van der Waals surface area (Å²) in [6.45, 7) is 4.60. The molecule has 4 rings (SSSR count). The van der Waals surface area contributed by atoms with Crippen molar-refractivity contribution in [2.75, 3.05) is 6.61 Å². The van der Waals surface area contributed by atoms with E-state index in [1.54, 1.807) is 12.1 Å². The van der Waals surface area contributed by atoms with Gasteiger partial charge in [0.1, 0.15) is 0 Å². The zero-order chi connectivity index (χ0) is 24.0. The molecule has 2 aromatic carbocycles. The van der Waals surface area contributed by atoms with Gasteiger partial charge in [0.25, 0.3) is 0 Å². The van der Waals surface area contributed by atoms with Crippen molar-refractivity contribution in [3.63, 3.8) is 0 Å². The lowest BCUT2D eigenvalue weighted by Gasteiger charge is -2.29. The van der Waals surface area contributed by atoms with Gasteiger partial charge in [-0.25, -0.2) is 0 Å². The molecule has 0 spiro atoms. The first-order chi connectivity index (χ1) is 16.4. The van der Waals surface area contributed by atoms with Crippen LogP contribution in [-0.2, 0) is 17.3 Å². The molecule has 0 saturated heterocycles. The SMILES string of the molecule is CCC[C@H]1CC[C@H](c2ccc(C(F)(F)OCCc3ccc([C@H]4CC[C@H](C)CC4)cc3)cc2)CC1. The Bertz CT molecular complexity index is 857. The predicted octanol–water partition coefficient (Wildman–Crippen LogP) is 9.36. The molecule has 0 atom stereocenters. The van der Waals surface area contributed by atoms with Crippen molar-refractivity contribution in [1.82, 2.24) is 0 Å². The number of hydrogen-bond donors (Lipinski definition) is 0. The van der Waals surface area contributed by atoms with E-state index >= 15 is 0 Å². The van der Waals surface area contributed by atoms with Crippen LogP contribution in [0.2, 0.25) is 0 Å². The molecule has 0 radical (unpaired) electrons. The van der Waals surface area contributed by atoms with Crippen molar-refractivity contribution in [1.29, 1.82) is 0 Å².